The van der Waals surface area contributed by atoms with Gasteiger partial charge in [0, 0.05) is 6.07 Å². The third-order valence-electron chi connectivity index (χ3n) is 2.20. The lowest BCUT2D eigenvalue weighted by molar-refractivity contribution is 0.393. The van der Waals surface area contributed by atoms with Crippen LogP contribution in [0.1, 0.15) is 11.5 Å². The number of anilines is 1. The third kappa shape index (κ3) is 1.88. The van der Waals surface area contributed by atoms with Gasteiger partial charge >= 0.3 is 0 Å². The first kappa shape index (κ1) is 10.9. The summed E-state index contributed by atoms with van der Waals surface area (Å²) in [6, 6.07) is 1.73. The standard InChI is InChI=1S/C10H12N4OS/c1-5-9(6(2)15-14-5)7-4-8(11)13-10(12-7)16-3/h4H,1-3H3,(H2,11,12,13). The van der Waals surface area contributed by atoms with E-state index in [1.54, 1.807) is 6.07 Å². The second-order valence-electron chi connectivity index (χ2n) is 3.36. The molecule has 0 aromatic carbocycles. The maximum atomic E-state index is 5.73. The maximum absolute atomic E-state index is 5.73. The fourth-order valence-corrected chi connectivity index (χ4v) is 1.90. The minimum Gasteiger partial charge on any atom is -0.384 e. The third-order valence-corrected chi connectivity index (χ3v) is 2.75. The zero-order valence-electron chi connectivity index (χ0n) is 9.31. The van der Waals surface area contributed by atoms with Crippen molar-refractivity contribution in [2.24, 2.45) is 0 Å². The van der Waals surface area contributed by atoms with E-state index in [0.717, 1.165) is 22.7 Å². The van der Waals surface area contributed by atoms with Crippen molar-refractivity contribution in [2.75, 3.05) is 12.0 Å². The van der Waals surface area contributed by atoms with Gasteiger partial charge in [-0.1, -0.05) is 16.9 Å². The highest BCUT2D eigenvalue weighted by Crippen LogP contribution is 2.27. The molecule has 0 radical (unpaired) electrons. The van der Waals surface area contributed by atoms with E-state index in [4.69, 9.17) is 10.3 Å². The maximum Gasteiger partial charge on any atom is 0.189 e. The summed E-state index contributed by atoms with van der Waals surface area (Å²) in [4.78, 5) is 8.49. The van der Waals surface area contributed by atoms with E-state index >= 15 is 0 Å². The van der Waals surface area contributed by atoms with E-state index in [1.165, 1.54) is 11.8 Å². The lowest BCUT2D eigenvalue weighted by atomic mass is 10.1. The molecule has 0 aliphatic carbocycles. The van der Waals surface area contributed by atoms with Gasteiger partial charge < -0.3 is 10.3 Å². The van der Waals surface area contributed by atoms with Crippen LogP contribution in [0, 0.1) is 13.8 Å². The molecule has 2 aromatic heterocycles. The summed E-state index contributed by atoms with van der Waals surface area (Å²) < 4.78 is 5.11. The lowest BCUT2D eigenvalue weighted by Gasteiger charge is -2.03. The molecule has 0 aliphatic heterocycles. The number of nitrogen functional groups attached to an aromatic ring is 1. The Bertz CT molecular complexity index is 504. The van der Waals surface area contributed by atoms with E-state index < -0.39 is 0 Å². The Morgan fingerprint density at radius 3 is 2.62 bits per heavy atom. The van der Waals surface area contributed by atoms with Gasteiger partial charge in [0.15, 0.2) is 5.16 Å². The largest absolute Gasteiger partial charge is 0.384 e. The van der Waals surface area contributed by atoms with Crippen LogP contribution in [-0.2, 0) is 0 Å². The van der Waals surface area contributed by atoms with Gasteiger partial charge in [-0.2, -0.15) is 0 Å². The molecule has 0 aliphatic rings. The summed E-state index contributed by atoms with van der Waals surface area (Å²) in [6.07, 6.45) is 1.91. The van der Waals surface area contributed by atoms with Crippen LogP contribution in [-0.4, -0.2) is 21.4 Å². The van der Waals surface area contributed by atoms with Crippen molar-refractivity contribution in [1.29, 1.82) is 0 Å². The van der Waals surface area contributed by atoms with Crippen LogP contribution >= 0.6 is 11.8 Å². The highest BCUT2D eigenvalue weighted by Gasteiger charge is 2.14. The number of nitrogens with two attached hydrogens (primary N) is 1. The number of thioether (sulfide) groups is 1. The quantitative estimate of drug-likeness (QED) is 0.635. The molecule has 5 nitrogen and oxygen atoms in total. The highest BCUT2D eigenvalue weighted by molar-refractivity contribution is 7.98. The Morgan fingerprint density at radius 1 is 1.31 bits per heavy atom. The summed E-state index contributed by atoms with van der Waals surface area (Å²) >= 11 is 1.45. The van der Waals surface area contributed by atoms with Crippen LogP contribution in [0.2, 0.25) is 0 Å². The Kier molecular flexibility index (Phi) is 2.82. The molecule has 0 amide bonds. The normalized spacial score (nSPS) is 10.7. The van der Waals surface area contributed by atoms with Gasteiger partial charge in [-0.25, -0.2) is 9.97 Å². The first-order valence-electron chi connectivity index (χ1n) is 4.73. The van der Waals surface area contributed by atoms with Gasteiger partial charge in [0.1, 0.15) is 11.6 Å². The van der Waals surface area contributed by atoms with Crippen molar-refractivity contribution >= 4 is 17.6 Å². The summed E-state index contributed by atoms with van der Waals surface area (Å²) in [6.45, 7) is 3.73. The van der Waals surface area contributed by atoms with E-state index in [2.05, 4.69) is 15.1 Å². The van der Waals surface area contributed by atoms with Crippen LogP contribution < -0.4 is 5.73 Å². The molecule has 16 heavy (non-hydrogen) atoms. The highest BCUT2D eigenvalue weighted by atomic mass is 32.2. The molecule has 0 bridgehead atoms. The minimum absolute atomic E-state index is 0.453. The van der Waals surface area contributed by atoms with Crippen LogP contribution in [0.5, 0.6) is 0 Å². The average Bonchev–Trinajstić information content (AvgIpc) is 2.57. The minimum atomic E-state index is 0.453. The summed E-state index contributed by atoms with van der Waals surface area (Å²) in [5.74, 6) is 1.19. The second kappa shape index (κ2) is 4.13. The Labute approximate surface area is 97.5 Å². The fraction of sp³-hybridized carbons (Fsp3) is 0.300. The fourth-order valence-electron chi connectivity index (χ4n) is 1.51. The molecular formula is C10H12N4OS. The van der Waals surface area contributed by atoms with E-state index in [0.29, 0.717) is 11.0 Å². The summed E-state index contributed by atoms with van der Waals surface area (Å²) in [7, 11) is 0. The van der Waals surface area contributed by atoms with Crippen LogP contribution in [0.3, 0.4) is 0 Å². The zero-order valence-corrected chi connectivity index (χ0v) is 10.1. The topological polar surface area (TPSA) is 77.8 Å². The molecule has 2 N–H and O–H groups in total. The number of hydrogen-bond donors (Lipinski definition) is 1. The molecule has 2 heterocycles. The van der Waals surface area contributed by atoms with E-state index in [9.17, 15) is 0 Å². The molecule has 84 valence electrons. The van der Waals surface area contributed by atoms with Gasteiger partial charge in [-0.3, -0.25) is 0 Å². The SMILES string of the molecule is CSc1nc(N)cc(-c2c(C)noc2C)n1. The van der Waals surface area contributed by atoms with E-state index in [1.807, 2.05) is 20.1 Å². The van der Waals surface area contributed by atoms with Crippen LogP contribution in [0.4, 0.5) is 5.82 Å². The van der Waals surface area contributed by atoms with Gasteiger partial charge in [-0.15, -0.1) is 0 Å². The van der Waals surface area contributed by atoms with Crippen molar-refractivity contribution in [2.45, 2.75) is 19.0 Å². The van der Waals surface area contributed by atoms with Crippen molar-refractivity contribution in [3.8, 4) is 11.3 Å². The Balaban J connectivity index is 2.60. The molecule has 0 atom stereocenters. The summed E-state index contributed by atoms with van der Waals surface area (Å²) in [5.41, 5.74) is 8.18. The zero-order chi connectivity index (χ0) is 11.7. The van der Waals surface area contributed by atoms with Crippen molar-refractivity contribution in [1.82, 2.24) is 15.1 Å². The van der Waals surface area contributed by atoms with Crippen molar-refractivity contribution in [3.05, 3.63) is 17.5 Å². The first-order valence-corrected chi connectivity index (χ1v) is 5.96. The van der Waals surface area contributed by atoms with E-state index in [-0.39, 0.29) is 0 Å². The molecule has 0 spiro atoms. The van der Waals surface area contributed by atoms with Crippen LogP contribution in [0.15, 0.2) is 15.7 Å². The molecule has 2 aromatic rings. The summed E-state index contributed by atoms with van der Waals surface area (Å²) in [5, 5.41) is 4.54. The number of rotatable bonds is 2. The van der Waals surface area contributed by atoms with Gasteiger partial charge in [0.2, 0.25) is 0 Å². The molecular weight excluding hydrogens is 224 g/mol. The molecule has 2 rings (SSSR count). The second-order valence-corrected chi connectivity index (χ2v) is 4.14. The Hall–Kier alpha value is -1.56. The molecule has 0 unspecified atom stereocenters. The number of nitrogens with zero attached hydrogens (tertiary/aromatic N) is 3. The molecule has 0 fully saturated rings. The Morgan fingerprint density at radius 2 is 2.06 bits per heavy atom. The number of aromatic nitrogens is 3. The molecule has 0 saturated heterocycles. The van der Waals surface area contributed by atoms with Gasteiger partial charge in [0.05, 0.1) is 17.0 Å². The predicted molar refractivity (Wildman–Crippen MR) is 63.2 cm³/mol. The van der Waals surface area contributed by atoms with Gasteiger partial charge in [0.25, 0.3) is 0 Å². The number of aryl methyl sites for hydroxylation is 2. The monoisotopic (exact) mass is 236 g/mol. The number of hydrogen-bond acceptors (Lipinski definition) is 6. The van der Waals surface area contributed by atoms with Crippen molar-refractivity contribution < 1.29 is 4.52 Å². The van der Waals surface area contributed by atoms with Gasteiger partial charge in [-0.05, 0) is 20.1 Å². The smallest absolute Gasteiger partial charge is 0.189 e. The molecule has 0 saturated carbocycles. The lowest BCUT2D eigenvalue weighted by Crippen LogP contribution is -1.97. The van der Waals surface area contributed by atoms with Crippen molar-refractivity contribution in [3.63, 3.8) is 0 Å². The first-order chi connectivity index (χ1) is 7.61. The van der Waals surface area contributed by atoms with Crippen LogP contribution in [0.25, 0.3) is 11.3 Å². The molecule has 6 heteroatoms. The predicted octanol–water partition coefficient (Wildman–Crippen LogP) is 2.05. The average molecular weight is 236 g/mol.